The molecule has 156 valence electrons. The number of methoxy groups -OCH3 is 1. The predicted octanol–water partition coefficient (Wildman–Crippen LogP) is 4.23. The Morgan fingerprint density at radius 3 is 2.87 bits per heavy atom. The van der Waals surface area contributed by atoms with Crippen molar-refractivity contribution in [3.63, 3.8) is 0 Å². The van der Waals surface area contributed by atoms with E-state index >= 15 is 0 Å². The first-order valence-electron chi connectivity index (χ1n) is 10.4. The van der Waals surface area contributed by atoms with Crippen LogP contribution in [0.15, 0.2) is 48.7 Å². The molecule has 0 amide bonds. The number of nitrogens with zero attached hydrogens (tertiary/aromatic N) is 1. The van der Waals surface area contributed by atoms with E-state index in [0.29, 0.717) is 23.9 Å². The molecule has 6 heteroatoms. The van der Waals surface area contributed by atoms with Gasteiger partial charge in [-0.2, -0.15) is 0 Å². The molecule has 2 fully saturated rings. The van der Waals surface area contributed by atoms with Crippen molar-refractivity contribution < 1.29 is 19.4 Å². The molecule has 0 aliphatic carbocycles. The number of carboxylic acids is 1. The SMILES string of the molecule is COc1cc(C(=O)O)c2[nH]ccc2c1CN1CC2(CCOC2)CC1c1ccccc1. The number of H-pyrrole nitrogens is 1. The van der Waals surface area contributed by atoms with Crippen LogP contribution in [0.4, 0.5) is 0 Å². The Balaban J connectivity index is 1.56. The highest BCUT2D eigenvalue weighted by molar-refractivity contribution is 6.04. The highest BCUT2D eigenvalue weighted by Gasteiger charge is 2.46. The van der Waals surface area contributed by atoms with Gasteiger partial charge < -0.3 is 19.6 Å². The molecule has 2 aliphatic heterocycles. The number of hydrogen-bond acceptors (Lipinski definition) is 4. The quantitative estimate of drug-likeness (QED) is 0.663. The van der Waals surface area contributed by atoms with E-state index in [1.807, 2.05) is 12.1 Å². The van der Waals surface area contributed by atoms with Crippen molar-refractivity contribution in [2.45, 2.75) is 25.4 Å². The van der Waals surface area contributed by atoms with Crippen molar-refractivity contribution in [3.05, 3.63) is 65.4 Å². The number of hydrogen-bond donors (Lipinski definition) is 2. The van der Waals surface area contributed by atoms with Crippen LogP contribution in [0.1, 0.15) is 40.4 Å². The number of aromatic nitrogens is 1. The third-order valence-electron chi connectivity index (χ3n) is 6.70. The largest absolute Gasteiger partial charge is 0.496 e. The summed E-state index contributed by atoms with van der Waals surface area (Å²) in [5.41, 5.74) is 3.40. The van der Waals surface area contributed by atoms with Crippen molar-refractivity contribution in [1.29, 1.82) is 0 Å². The fourth-order valence-electron chi connectivity index (χ4n) is 5.23. The summed E-state index contributed by atoms with van der Waals surface area (Å²) in [7, 11) is 1.61. The Morgan fingerprint density at radius 1 is 1.33 bits per heavy atom. The topological polar surface area (TPSA) is 74.8 Å². The monoisotopic (exact) mass is 406 g/mol. The lowest BCUT2D eigenvalue weighted by Gasteiger charge is -2.26. The molecular weight excluding hydrogens is 380 g/mol. The molecule has 30 heavy (non-hydrogen) atoms. The van der Waals surface area contributed by atoms with Gasteiger partial charge in [0.2, 0.25) is 0 Å². The first-order chi connectivity index (χ1) is 14.6. The molecule has 1 aromatic heterocycles. The minimum Gasteiger partial charge on any atom is -0.496 e. The maximum absolute atomic E-state index is 11.7. The third kappa shape index (κ3) is 3.16. The van der Waals surface area contributed by atoms with Crippen LogP contribution in [0.5, 0.6) is 5.75 Å². The molecule has 5 rings (SSSR count). The highest BCUT2D eigenvalue weighted by Crippen LogP contribution is 2.49. The zero-order valence-corrected chi connectivity index (χ0v) is 17.1. The Hall–Kier alpha value is -2.83. The maximum Gasteiger partial charge on any atom is 0.337 e. The highest BCUT2D eigenvalue weighted by atomic mass is 16.5. The van der Waals surface area contributed by atoms with E-state index in [4.69, 9.17) is 9.47 Å². The Morgan fingerprint density at radius 2 is 2.17 bits per heavy atom. The molecule has 6 nitrogen and oxygen atoms in total. The first kappa shape index (κ1) is 19.2. The zero-order valence-electron chi connectivity index (χ0n) is 17.1. The number of nitrogens with one attached hydrogen (secondary N) is 1. The number of fused-ring (bicyclic) bond motifs is 1. The smallest absolute Gasteiger partial charge is 0.337 e. The second-order valence-electron chi connectivity index (χ2n) is 8.51. The summed E-state index contributed by atoms with van der Waals surface area (Å²) in [5, 5.41) is 10.5. The second-order valence-corrected chi connectivity index (χ2v) is 8.51. The van der Waals surface area contributed by atoms with Gasteiger partial charge in [-0.3, -0.25) is 4.90 Å². The van der Waals surface area contributed by atoms with Crippen molar-refractivity contribution in [2.24, 2.45) is 5.41 Å². The predicted molar refractivity (Wildman–Crippen MR) is 114 cm³/mol. The minimum absolute atomic E-state index is 0.187. The summed E-state index contributed by atoms with van der Waals surface area (Å²) in [4.78, 5) is 17.4. The summed E-state index contributed by atoms with van der Waals surface area (Å²) in [5.74, 6) is -0.340. The number of carbonyl (C=O) groups is 1. The third-order valence-corrected chi connectivity index (χ3v) is 6.70. The standard InChI is InChI=1S/C24H26N2O4/c1-29-21-11-18(23(27)28)22-17(7-9-25-22)19(21)13-26-14-24(8-10-30-15-24)12-20(26)16-5-3-2-4-6-16/h2-7,9,11,20,25H,8,10,12-15H2,1H3,(H,27,28). The van der Waals surface area contributed by atoms with E-state index in [0.717, 1.165) is 43.5 Å². The van der Waals surface area contributed by atoms with Gasteiger partial charge in [-0.05, 0) is 30.5 Å². The number of carboxylic acid groups (broad SMARTS) is 1. The summed E-state index contributed by atoms with van der Waals surface area (Å²) in [6.45, 7) is 3.29. The molecule has 1 spiro atoms. The van der Waals surface area contributed by atoms with Gasteiger partial charge in [0.1, 0.15) is 5.75 Å². The average Bonchev–Trinajstić information content (AvgIpc) is 3.49. The molecule has 0 bridgehead atoms. The van der Waals surface area contributed by atoms with E-state index in [-0.39, 0.29) is 11.0 Å². The molecule has 0 radical (unpaired) electrons. The average molecular weight is 406 g/mol. The number of likely N-dealkylation sites (tertiary alicyclic amines) is 1. The maximum atomic E-state index is 11.7. The molecule has 2 N–H and O–H groups in total. The Bertz CT molecular complexity index is 1070. The van der Waals surface area contributed by atoms with Gasteiger partial charge in [-0.1, -0.05) is 30.3 Å². The van der Waals surface area contributed by atoms with Crippen LogP contribution in [0, 0.1) is 5.41 Å². The van der Waals surface area contributed by atoms with Crippen molar-refractivity contribution in [3.8, 4) is 5.75 Å². The van der Waals surface area contributed by atoms with Gasteiger partial charge >= 0.3 is 5.97 Å². The molecule has 2 aliphatic rings. The summed E-state index contributed by atoms with van der Waals surface area (Å²) < 4.78 is 11.4. The van der Waals surface area contributed by atoms with Crippen molar-refractivity contribution in [2.75, 3.05) is 26.9 Å². The van der Waals surface area contributed by atoms with Crippen LogP contribution in [-0.2, 0) is 11.3 Å². The van der Waals surface area contributed by atoms with E-state index in [1.165, 1.54) is 5.56 Å². The van der Waals surface area contributed by atoms with Crippen LogP contribution in [0.25, 0.3) is 10.9 Å². The first-order valence-corrected chi connectivity index (χ1v) is 10.4. The van der Waals surface area contributed by atoms with Crippen LogP contribution in [0.3, 0.4) is 0 Å². The second kappa shape index (κ2) is 7.45. The number of benzene rings is 2. The molecule has 0 saturated carbocycles. The molecule has 2 atom stereocenters. The number of aromatic amines is 1. The van der Waals surface area contributed by atoms with Gasteiger partial charge in [0.25, 0.3) is 0 Å². The van der Waals surface area contributed by atoms with Gasteiger partial charge in [0.15, 0.2) is 0 Å². The van der Waals surface area contributed by atoms with Crippen molar-refractivity contribution in [1.82, 2.24) is 9.88 Å². The zero-order chi connectivity index (χ0) is 20.7. The van der Waals surface area contributed by atoms with Crippen molar-refractivity contribution >= 4 is 16.9 Å². The van der Waals surface area contributed by atoms with Gasteiger partial charge in [-0.25, -0.2) is 4.79 Å². The lowest BCUT2D eigenvalue weighted by Crippen LogP contribution is -2.28. The summed E-state index contributed by atoms with van der Waals surface area (Å²) in [6.07, 6.45) is 3.95. The lowest BCUT2D eigenvalue weighted by molar-refractivity contribution is 0.0698. The summed E-state index contributed by atoms with van der Waals surface area (Å²) >= 11 is 0. The molecule has 3 aromatic rings. The van der Waals surface area contributed by atoms with Gasteiger partial charge in [0, 0.05) is 48.3 Å². The van der Waals surface area contributed by atoms with Gasteiger partial charge in [0.05, 0.1) is 24.8 Å². The van der Waals surface area contributed by atoms with Crippen LogP contribution >= 0.6 is 0 Å². The molecule has 3 heterocycles. The summed E-state index contributed by atoms with van der Waals surface area (Å²) in [6, 6.07) is 14.5. The Kier molecular flexibility index (Phi) is 4.76. The van der Waals surface area contributed by atoms with Crippen LogP contribution in [-0.4, -0.2) is 47.8 Å². The van der Waals surface area contributed by atoms with E-state index < -0.39 is 5.97 Å². The molecule has 2 unspecified atom stereocenters. The van der Waals surface area contributed by atoms with E-state index in [9.17, 15) is 9.90 Å². The number of rotatable bonds is 5. The van der Waals surface area contributed by atoms with Crippen LogP contribution < -0.4 is 4.74 Å². The van der Waals surface area contributed by atoms with E-state index in [2.05, 4.69) is 34.1 Å². The fourth-order valence-corrected chi connectivity index (χ4v) is 5.23. The molecular formula is C24H26N2O4. The normalized spacial score (nSPS) is 24.1. The minimum atomic E-state index is -0.960. The lowest BCUT2D eigenvalue weighted by atomic mass is 9.84. The number of aromatic carboxylic acids is 1. The molecule has 2 saturated heterocycles. The Labute approximate surface area is 175 Å². The van der Waals surface area contributed by atoms with Gasteiger partial charge in [-0.15, -0.1) is 0 Å². The number of ether oxygens (including phenoxy) is 2. The molecule has 2 aromatic carbocycles. The van der Waals surface area contributed by atoms with E-state index in [1.54, 1.807) is 19.4 Å². The van der Waals surface area contributed by atoms with Crippen LogP contribution in [0.2, 0.25) is 0 Å². The fraction of sp³-hybridized carbons (Fsp3) is 0.375.